The second-order valence-corrected chi connectivity index (χ2v) is 7.25. The molecule has 3 N–H and O–H groups in total. The number of rotatable bonds is 3. The van der Waals surface area contributed by atoms with Crippen LogP contribution in [-0.4, -0.2) is 63.7 Å². The minimum atomic E-state index is -2.24. The maximum Gasteiger partial charge on any atom is 0.409 e. The van der Waals surface area contributed by atoms with Crippen LogP contribution in [0.25, 0.3) is 11.1 Å². The molecule has 7 nitrogen and oxygen atoms in total. The fourth-order valence-electron chi connectivity index (χ4n) is 4.02. The first kappa shape index (κ1) is 18.5. The molecule has 1 amide bonds. The topological polar surface area (TPSA) is 107 Å². The highest BCUT2D eigenvalue weighted by Gasteiger charge is 2.48. The lowest BCUT2D eigenvalue weighted by atomic mass is 9.89. The number of aliphatic carboxylic acids is 1. The molecule has 0 bridgehead atoms. The second kappa shape index (κ2) is 6.92. The van der Waals surface area contributed by atoms with Crippen molar-refractivity contribution >= 4 is 12.1 Å². The molecular weight excluding hydrogens is 362 g/mol. The number of aliphatic hydroxyl groups is 2. The lowest BCUT2D eigenvalue weighted by molar-refractivity contribution is -0.180. The van der Waals surface area contributed by atoms with E-state index in [2.05, 4.69) is 0 Å². The van der Waals surface area contributed by atoms with Gasteiger partial charge in [-0.1, -0.05) is 48.5 Å². The molecule has 0 radical (unpaired) electrons. The van der Waals surface area contributed by atoms with Crippen LogP contribution in [-0.2, 0) is 9.53 Å². The first-order chi connectivity index (χ1) is 13.4. The number of piperidine rings is 1. The van der Waals surface area contributed by atoms with Gasteiger partial charge in [-0.3, -0.25) is 0 Å². The zero-order chi connectivity index (χ0) is 19.9. The Morgan fingerprint density at radius 2 is 1.64 bits per heavy atom. The number of fused-ring (bicyclic) bond motifs is 3. The molecule has 2 aromatic carbocycles. The van der Waals surface area contributed by atoms with Gasteiger partial charge in [0.2, 0.25) is 0 Å². The molecule has 2 aromatic rings. The predicted octanol–water partition coefficient (Wildman–Crippen LogP) is 1.82. The number of nitrogens with zero attached hydrogens (tertiary/aromatic N) is 1. The summed E-state index contributed by atoms with van der Waals surface area (Å²) in [6, 6.07) is 16.0. The number of hydrogen-bond donors (Lipinski definition) is 3. The Bertz CT molecular complexity index is 883. The first-order valence-corrected chi connectivity index (χ1v) is 9.15. The first-order valence-electron chi connectivity index (χ1n) is 9.15. The molecule has 7 heteroatoms. The molecular formula is C21H21NO6. The lowest BCUT2D eigenvalue weighted by Gasteiger charge is -2.38. The van der Waals surface area contributed by atoms with E-state index in [1.807, 2.05) is 48.5 Å². The highest BCUT2D eigenvalue weighted by molar-refractivity contribution is 5.80. The number of likely N-dealkylation sites (tertiary alicyclic amines) is 1. The summed E-state index contributed by atoms with van der Waals surface area (Å²) in [5.41, 5.74) is 2.20. The maximum atomic E-state index is 12.5. The van der Waals surface area contributed by atoms with Crippen molar-refractivity contribution in [2.75, 3.05) is 19.7 Å². The average Bonchev–Trinajstić information content (AvgIpc) is 3.02. The zero-order valence-electron chi connectivity index (χ0n) is 15.1. The van der Waals surface area contributed by atoms with E-state index >= 15 is 0 Å². The minimum Gasteiger partial charge on any atom is -0.479 e. The van der Waals surface area contributed by atoms with Gasteiger partial charge in [-0.05, 0) is 22.3 Å². The van der Waals surface area contributed by atoms with Crippen molar-refractivity contribution in [2.24, 2.45) is 0 Å². The van der Waals surface area contributed by atoms with Crippen LogP contribution in [0.15, 0.2) is 48.5 Å². The van der Waals surface area contributed by atoms with E-state index in [0.717, 1.165) is 22.3 Å². The van der Waals surface area contributed by atoms with Gasteiger partial charge in [-0.2, -0.15) is 0 Å². The van der Waals surface area contributed by atoms with Crippen molar-refractivity contribution < 1.29 is 29.6 Å². The summed E-state index contributed by atoms with van der Waals surface area (Å²) in [5.74, 6) is -1.57. The van der Waals surface area contributed by atoms with Gasteiger partial charge in [-0.25, -0.2) is 9.59 Å². The molecule has 0 aromatic heterocycles. The molecule has 1 aliphatic heterocycles. The molecule has 1 fully saturated rings. The summed E-state index contributed by atoms with van der Waals surface area (Å²) in [5, 5.41) is 29.1. The Hall–Kier alpha value is -2.90. The Balaban J connectivity index is 1.46. The van der Waals surface area contributed by atoms with Gasteiger partial charge in [0.1, 0.15) is 12.7 Å². The van der Waals surface area contributed by atoms with Crippen LogP contribution >= 0.6 is 0 Å². The molecule has 1 aliphatic carbocycles. The van der Waals surface area contributed by atoms with Crippen LogP contribution in [0.4, 0.5) is 4.79 Å². The number of carboxylic acids is 1. The van der Waals surface area contributed by atoms with Crippen LogP contribution in [0.5, 0.6) is 0 Å². The van der Waals surface area contributed by atoms with Crippen LogP contribution in [0.2, 0.25) is 0 Å². The van der Waals surface area contributed by atoms with Gasteiger partial charge in [-0.15, -0.1) is 0 Å². The van der Waals surface area contributed by atoms with E-state index in [1.54, 1.807) is 0 Å². The van der Waals surface area contributed by atoms with Gasteiger partial charge < -0.3 is 25.0 Å². The van der Waals surface area contributed by atoms with Crippen LogP contribution in [0.3, 0.4) is 0 Å². The van der Waals surface area contributed by atoms with Crippen molar-refractivity contribution in [1.82, 2.24) is 4.90 Å². The Labute approximate surface area is 161 Å². The van der Waals surface area contributed by atoms with Crippen LogP contribution in [0, 0.1) is 0 Å². The van der Waals surface area contributed by atoms with Crippen molar-refractivity contribution in [2.45, 2.75) is 24.0 Å². The fraction of sp³-hybridized carbons (Fsp3) is 0.333. The molecule has 1 saturated heterocycles. The molecule has 2 atom stereocenters. The monoisotopic (exact) mass is 383 g/mol. The minimum absolute atomic E-state index is 0.00344. The number of carbonyl (C=O) groups is 2. The molecule has 0 saturated carbocycles. The third-order valence-corrected chi connectivity index (χ3v) is 5.67. The highest BCUT2D eigenvalue weighted by Crippen LogP contribution is 2.44. The van der Waals surface area contributed by atoms with Crippen molar-refractivity contribution in [1.29, 1.82) is 0 Å². The summed E-state index contributed by atoms with van der Waals surface area (Å²) >= 11 is 0. The number of hydrogen-bond acceptors (Lipinski definition) is 5. The van der Waals surface area contributed by atoms with E-state index in [4.69, 9.17) is 9.84 Å². The third-order valence-electron chi connectivity index (χ3n) is 5.67. The Kier molecular flexibility index (Phi) is 4.56. The number of amides is 1. The Morgan fingerprint density at radius 3 is 2.18 bits per heavy atom. The quantitative estimate of drug-likeness (QED) is 0.746. The number of carbonyl (C=O) groups excluding carboxylic acids is 1. The smallest absolute Gasteiger partial charge is 0.409 e. The van der Waals surface area contributed by atoms with Crippen LogP contribution < -0.4 is 0 Å². The molecule has 0 unspecified atom stereocenters. The highest BCUT2D eigenvalue weighted by atomic mass is 16.6. The van der Waals surface area contributed by atoms with Crippen molar-refractivity contribution in [3.05, 3.63) is 59.7 Å². The standard InChI is InChI=1S/C21H21NO6/c23-18-11-22(10-9-21(18,27)19(24)25)20(26)28-12-17-15-7-3-1-5-13(15)14-6-2-4-8-16(14)17/h1-8,17-18,23,27H,9-12H2,(H,24,25)/t18-,21+/m1/s1. The van der Waals surface area contributed by atoms with E-state index in [-0.39, 0.29) is 32.0 Å². The number of carboxylic acid groups (broad SMARTS) is 1. The third kappa shape index (κ3) is 2.93. The van der Waals surface area contributed by atoms with Gasteiger partial charge in [0, 0.05) is 18.9 Å². The zero-order valence-corrected chi connectivity index (χ0v) is 15.1. The summed E-state index contributed by atoms with van der Waals surface area (Å²) in [4.78, 5) is 24.9. The second-order valence-electron chi connectivity index (χ2n) is 7.25. The van der Waals surface area contributed by atoms with E-state index in [1.165, 1.54) is 4.90 Å². The number of benzene rings is 2. The Morgan fingerprint density at radius 1 is 1.07 bits per heavy atom. The van der Waals surface area contributed by atoms with Crippen molar-refractivity contribution in [3.8, 4) is 11.1 Å². The lowest BCUT2D eigenvalue weighted by Crippen LogP contribution is -2.60. The molecule has 2 aliphatic rings. The number of aliphatic hydroxyl groups excluding tert-OH is 1. The number of ether oxygens (including phenoxy) is 1. The van der Waals surface area contributed by atoms with Crippen LogP contribution in [0.1, 0.15) is 23.5 Å². The fourth-order valence-corrected chi connectivity index (χ4v) is 4.02. The molecule has 0 spiro atoms. The maximum absolute atomic E-state index is 12.5. The predicted molar refractivity (Wildman–Crippen MR) is 99.9 cm³/mol. The van der Waals surface area contributed by atoms with Gasteiger partial charge in [0.15, 0.2) is 5.60 Å². The molecule has 4 rings (SSSR count). The molecule has 146 valence electrons. The van der Waals surface area contributed by atoms with E-state index < -0.39 is 23.8 Å². The molecule has 28 heavy (non-hydrogen) atoms. The van der Waals surface area contributed by atoms with Gasteiger partial charge >= 0.3 is 12.1 Å². The van der Waals surface area contributed by atoms with E-state index in [0.29, 0.717) is 0 Å². The van der Waals surface area contributed by atoms with Crippen molar-refractivity contribution in [3.63, 3.8) is 0 Å². The van der Waals surface area contributed by atoms with E-state index in [9.17, 15) is 19.8 Å². The van der Waals surface area contributed by atoms with Gasteiger partial charge in [0.05, 0.1) is 6.54 Å². The summed E-state index contributed by atoms with van der Waals surface area (Å²) in [6.07, 6.45) is -2.46. The summed E-state index contributed by atoms with van der Waals surface area (Å²) < 4.78 is 5.50. The summed E-state index contributed by atoms with van der Waals surface area (Å²) in [7, 11) is 0. The average molecular weight is 383 g/mol. The molecule has 1 heterocycles. The summed E-state index contributed by atoms with van der Waals surface area (Å²) in [6.45, 7) is -0.154. The SMILES string of the molecule is O=C(OCC1c2ccccc2-c2ccccc21)N1CC[C@@](O)(C(=O)O)[C@H](O)C1. The number of β-amino-alcohol motifs (C(OH)–C–C–N with tert-alkyl or cyclic N) is 1. The normalized spacial score (nSPS) is 23.8. The van der Waals surface area contributed by atoms with Gasteiger partial charge in [0.25, 0.3) is 0 Å². The largest absolute Gasteiger partial charge is 0.479 e.